The normalized spacial score (nSPS) is 16.2. The summed E-state index contributed by atoms with van der Waals surface area (Å²) in [4.78, 5) is 41.0. The van der Waals surface area contributed by atoms with E-state index in [0.717, 1.165) is 11.1 Å². The molecule has 0 saturated carbocycles. The molecule has 3 aromatic rings. The number of amides is 1. The molecule has 2 aromatic carbocycles. The molecule has 1 amide bonds. The van der Waals surface area contributed by atoms with Gasteiger partial charge < -0.3 is 9.88 Å². The highest BCUT2D eigenvalue weighted by atomic mass is 32.2. The molecule has 32 heavy (non-hydrogen) atoms. The van der Waals surface area contributed by atoms with E-state index in [4.69, 9.17) is 0 Å². The fourth-order valence-corrected chi connectivity index (χ4v) is 7.09. The van der Waals surface area contributed by atoms with Crippen LogP contribution in [0, 0.1) is 6.92 Å². The molecule has 164 valence electrons. The number of thiazole rings is 1. The third-order valence-electron chi connectivity index (χ3n) is 5.85. The predicted octanol–water partition coefficient (Wildman–Crippen LogP) is 2.10. The molecule has 1 aliphatic carbocycles. The summed E-state index contributed by atoms with van der Waals surface area (Å²) in [6, 6.07) is 12.5. The number of fused-ring (bicyclic) bond motifs is 3. The Morgan fingerprint density at radius 3 is 2.25 bits per heavy atom. The topological polar surface area (TPSA) is 108 Å². The first-order chi connectivity index (χ1) is 15.3. The molecule has 0 unspecified atom stereocenters. The fraction of sp³-hybridized carbons (Fsp3) is 0.227. The average molecular weight is 470 g/mol. The summed E-state index contributed by atoms with van der Waals surface area (Å²) >= 11 is 0.672. The van der Waals surface area contributed by atoms with Crippen LogP contribution in [0.4, 0.5) is 0 Å². The van der Waals surface area contributed by atoms with Gasteiger partial charge in [-0.2, -0.15) is 4.31 Å². The Morgan fingerprint density at radius 1 is 0.938 bits per heavy atom. The van der Waals surface area contributed by atoms with E-state index >= 15 is 0 Å². The smallest absolute Gasteiger partial charge is 0.305 e. The Balaban J connectivity index is 1.33. The summed E-state index contributed by atoms with van der Waals surface area (Å²) in [6.07, 6.45) is 0. The highest BCUT2D eigenvalue weighted by molar-refractivity contribution is 7.91. The van der Waals surface area contributed by atoms with Gasteiger partial charge in [0.05, 0.1) is 0 Å². The van der Waals surface area contributed by atoms with E-state index in [2.05, 4.69) is 4.98 Å². The molecule has 2 aliphatic rings. The second-order valence-corrected chi connectivity index (χ2v) is 10.9. The van der Waals surface area contributed by atoms with Crippen LogP contribution in [-0.4, -0.2) is 60.5 Å². The summed E-state index contributed by atoms with van der Waals surface area (Å²) in [7, 11) is -3.79. The van der Waals surface area contributed by atoms with Gasteiger partial charge in [0, 0.05) is 48.6 Å². The van der Waals surface area contributed by atoms with Crippen molar-refractivity contribution in [2.75, 3.05) is 26.2 Å². The van der Waals surface area contributed by atoms with Crippen LogP contribution in [0.3, 0.4) is 0 Å². The summed E-state index contributed by atoms with van der Waals surface area (Å²) in [6.45, 7) is 2.27. The first-order valence-electron chi connectivity index (χ1n) is 10.0. The van der Waals surface area contributed by atoms with Crippen LogP contribution in [-0.2, 0) is 10.0 Å². The number of H-pyrrole nitrogens is 1. The number of ketones is 1. The van der Waals surface area contributed by atoms with Crippen molar-refractivity contribution in [3.05, 3.63) is 74.5 Å². The van der Waals surface area contributed by atoms with Crippen molar-refractivity contribution < 1.29 is 18.0 Å². The number of sulfonamides is 1. The maximum atomic E-state index is 13.1. The molecule has 1 fully saturated rings. The first kappa shape index (κ1) is 20.8. The number of hydrogen-bond acceptors (Lipinski definition) is 6. The molecular formula is C22H19N3O5S2. The van der Waals surface area contributed by atoms with Crippen LogP contribution in [0.1, 0.15) is 32.0 Å². The molecule has 1 aromatic heterocycles. The quantitative estimate of drug-likeness (QED) is 0.494. The van der Waals surface area contributed by atoms with Crippen molar-refractivity contribution >= 4 is 33.1 Å². The molecule has 0 atom stereocenters. The fourth-order valence-electron chi connectivity index (χ4n) is 4.23. The summed E-state index contributed by atoms with van der Waals surface area (Å²) in [5.74, 6) is -0.335. The van der Waals surface area contributed by atoms with Gasteiger partial charge >= 0.3 is 4.87 Å². The summed E-state index contributed by atoms with van der Waals surface area (Å²) in [5.41, 5.74) is 3.55. The van der Waals surface area contributed by atoms with Gasteiger partial charge in [0.2, 0.25) is 0 Å². The number of aromatic nitrogens is 1. The molecule has 0 bridgehead atoms. The number of aromatic amines is 1. The number of nitrogens with one attached hydrogen (secondary N) is 1. The minimum Gasteiger partial charge on any atom is -0.336 e. The molecule has 8 nitrogen and oxygen atoms in total. The Morgan fingerprint density at radius 2 is 1.59 bits per heavy atom. The lowest BCUT2D eigenvalue weighted by Crippen LogP contribution is -2.50. The highest BCUT2D eigenvalue weighted by Gasteiger charge is 2.33. The van der Waals surface area contributed by atoms with Crippen molar-refractivity contribution in [1.82, 2.24) is 14.2 Å². The monoisotopic (exact) mass is 469 g/mol. The summed E-state index contributed by atoms with van der Waals surface area (Å²) < 4.78 is 27.1. The van der Waals surface area contributed by atoms with Crippen molar-refractivity contribution in [1.29, 1.82) is 0 Å². The zero-order valence-electron chi connectivity index (χ0n) is 17.1. The van der Waals surface area contributed by atoms with Crippen LogP contribution in [0.15, 0.2) is 51.5 Å². The number of rotatable bonds is 3. The van der Waals surface area contributed by atoms with Gasteiger partial charge in [-0.1, -0.05) is 41.7 Å². The van der Waals surface area contributed by atoms with Crippen LogP contribution >= 0.6 is 11.3 Å². The Kier molecular flexibility index (Phi) is 4.88. The number of carbonyl (C=O) groups is 2. The van der Waals surface area contributed by atoms with E-state index in [1.54, 1.807) is 36.1 Å². The van der Waals surface area contributed by atoms with Gasteiger partial charge in [0.25, 0.3) is 15.9 Å². The maximum absolute atomic E-state index is 13.1. The van der Waals surface area contributed by atoms with E-state index in [1.165, 1.54) is 4.31 Å². The van der Waals surface area contributed by atoms with Crippen molar-refractivity contribution in [2.24, 2.45) is 0 Å². The van der Waals surface area contributed by atoms with Crippen LogP contribution in [0.5, 0.6) is 0 Å². The van der Waals surface area contributed by atoms with Crippen LogP contribution < -0.4 is 4.87 Å². The Labute approximate surface area is 188 Å². The molecule has 5 rings (SSSR count). The molecule has 0 spiro atoms. The number of carbonyl (C=O) groups excluding carboxylic acids is 2. The lowest BCUT2D eigenvalue weighted by molar-refractivity contribution is 0.0698. The lowest BCUT2D eigenvalue weighted by Gasteiger charge is -2.33. The molecule has 1 N–H and O–H groups in total. The van der Waals surface area contributed by atoms with Gasteiger partial charge in [0.1, 0.15) is 0 Å². The second-order valence-electron chi connectivity index (χ2n) is 7.76. The number of benzene rings is 2. The highest BCUT2D eigenvalue weighted by Crippen LogP contribution is 2.37. The minimum absolute atomic E-state index is 0.0129. The number of nitrogens with zero attached hydrogens (tertiary/aromatic N) is 2. The van der Waals surface area contributed by atoms with Crippen LogP contribution in [0.25, 0.3) is 11.1 Å². The molecule has 1 saturated heterocycles. The standard InChI is InChI=1S/C22H19N3O5S2/c1-13-21(31-22(28)23-13)32(29,30)25-10-8-24(9-11-25)20(27)14-6-7-16-15-4-2-3-5-17(15)19(26)18(16)12-14/h2-7,12H,8-11H2,1H3,(H,23,28). The molecular weight excluding hydrogens is 450 g/mol. The van der Waals surface area contributed by atoms with Gasteiger partial charge in [-0.3, -0.25) is 14.4 Å². The Hall–Kier alpha value is -3.08. The molecule has 0 radical (unpaired) electrons. The number of piperazine rings is 1. The largest absolute Gasteiger partial charge is 0.336 e. The molecule has 2 heterocycles. The molecule has 1 aliphatic heterocycles. The zero-order valence-corrected chi connectivity index (χ0v) is 18.8. The average Bonchev–Trinajstić information content (AvgIpc) is 3.29. The van der Waals surface area contributed by atoms with E-state index < -0.39 is 14.9 Å². The second kappa shape index (κ2) is 7.51. The third kappa shape index (κ3) is 3.22. The van der Waals surface area contributed by atoms with Crippen molar-refractivity contribution in [3.8, 4) is 11.1 Å². The lowest BCUT2D eigenvalue weighted by atomic mass is 10.0. The number of hydrogen-bond donors (Lipinski definition) is 1. The van der Waals surface area contributed by atoms with E-state index in [1.807, 2.05) is 18.2 Å². The minimum atomic E-state index is -3.79. The molecule has 10 heteroatoms. The number of aryl methyl sites for hydroxylation is 1. The Bertz CT molecular complexity index is 1430. The van der Waals surface area contributed by atoms with Crippen LogP contribution in [0.2, 0.25) is 0 Å². The van der Waals surface area contributed by atoms with E-state index in [0.29, 0.717) is 33.7 Å². The summed E-state index contributed by atoms with van der Waals surface area (Å²) in [5, 5.41) is 0. The van der Waals surface area contributed by atoms with Crippen molar-refractivity contribution in [3.63, 3.8) is 0 Å². The van der Waals surface area contributed by atoms with E-state index in [9.17, 15) is 22.8 Å². The zero-order chi connectivity index (χ0) is 22.6. The predicted molar refractivity (Wildman–Crippen MR) is 120 cm³/mol. The van der Waals surface area contributed by atoms with Gasteiger partial charge in [-0.25, -0.2) is 8.42 Å². The third-order valence-corrected chi connectivity index (χ3v) is 9.33. The SMILES string of the molecule is Cc1[nH]c(=O)sc1S(=O)(=O)N1CCN(C(=O)c2ccc3c(c2)C(=O)c2ccccc2-3)CC1. The maximum Gasteiger partial charge on any atom is 0.305 e. The first-order valence-corrected chi connectivity index (χ1v) is 12.3. The van der Waals surface area contributed by atoms with Crippen molar-refractivity contribution in [2.45, 2.75) is 11.1 Å². The van der Waals surface area contributed by atoms with Gasteiger partial charge in [-0.05, 0) is 30.2 Å². The van der Waals surface area contributed by atoms with E-state index in [-0.39, 0.29) is 42.1 Å². The van der Waals surface area contributed by atoms with Gasteiger partial charge in [-0.15, -0.1) is 0 Å². The van der Waals surface area contributed by atoms with Gasteiger partial charge in [0.15, 0.2) is 9.99 Å².